The van der Waals surface area contributed by atoms with Crippen molar-refractivity contribution in [2.75, 3.05) is 0 Å². The highest BCUT2D eigenvalue weighted by molar-refractivity contribution is 6.38. The minimum atomic E-state index is -0.241. The molecule has 0 radical (unpaired) electrons. The Bertz CT molecular complexity index is 1290. The molecule has 0 aliphatic carbocycles. The number of halogens is 2. The van der Waals surface area contributed by atoms with Crippen LogP contribution in [0.1, 0.15) is 48.6 Å². The van der Waals surface area contributed by atoms with E-state index in [-0.39, 0.29) is 17.5 Å². The number of aromatic nitrogens is 1. The molecule has 4 rings (SSSR count). The molecule has 0 amide bonds. The van der Waals surface area contributed by atoms with Gasteiger partial charge < -0.3 is 9.36 Å². The summed E-state index contributed by atoms with van der Waals surface area (Å²) < 4.78 is 1.59. The van der Waals surface area contributed by atoms with E-state index in [1.54, 1.807) is 29.8 Å². The maximum atomic E-state index is 12.4. The molecule has 0 spiro atoms. The van der Waals surface area contributed by atoms with Gasteiger partial charge in [-0.25, -0.2) is 0 Å². The van der Waals surface area contributed by atoms with Gasteiger partial charge in [0, 0.05) is 46.9 Å². The van der Waals surface area contributed by atoms with Crippen molar-refractivity contribution in [3.8, 4) is 11.1 Å². The van der Waals surface area contributed by atoms with Gasteiger partial charge in [-0.3, -0.25) is 9.79 Å². The molecule has 0 N–H and O–H groups in total. The van der Waals surface area contributed by atoms with E-state index in [1.165, 1.54) is 0 Å². The first-order valence-corrected chi connectivity index (χ1v) is 11.4. The van der Waals surface area contributed by atoms with E-state index in [4.69, 9.17) is 28.2 Å². The Morgan fingerprint density at radius 1 is 1.06 bits per heavy atom. The normalized spacial score (nSPS) is 15.9. The van der Waals surface area contributed by atoms with Crippen molar-refractivity contribution in [3.63, 3.8) is 0 Å². The molecule has 0 saturated heterocycles. The number of aryl methyl sites for hydroxylation is 1. The molecule has 32 heavy (non-hydrogen) atoms. The summed E-state index contributed by atoms with van der Waals surface area (Å²) in [4.78, 5) is 28.9. The molecule has 1 aliphatic heterocycles. The molecule has 1 aromatic heterocycles. The van der Waals surface area contributed by atoms with Crippen LogP contribution in [0.5, 0.6) is 0 Å². The first-order chi connectivity index (χ1) is 15.3. The molecule has 2 atom stereocenters. The Morgan fingerprint density at radius 2 is 1.81 bits per heavy atom. The van der Waals surface area contributed by atoms with Gasteiger partial charge in [0.2, 0.25) is 0 Å². The molecule has 4 nitrogen and oxygen atoms in total. The number of carbonyl (C=O) groups excluding carboxylic acids is 1. The summed E-state index contributed by atoms with van der Waals surface area (Å²) >= 11 is 12.7. The molecule has 3 aromatic rings. The highest BCUT2D eigenvalue weighted by atomic mass is 35.5. The summed E-state index contributed by atoms with van der Waals surface area (Å²) in [7, 11) is 1.75. The van der Waals surface area contributed by atoms with Gasteiger partial charge >= 0.3 is 0 Å². The van der Waals surface area contributed by atoms with E-state index >= 15 is 0 Å². The summed E-state index contributed by atoms with van der Waals surface area (Å²) in [5, 5.41) is 1.08. The number of hydrogen-bond donors (Lipinski definition) is 0. The largest absolute Gasteiger partial charge is 0.318 e. The average molecular weight is 467 g/mol. The molecule has 1 aliphatic rings. The van der Waals surface area contributed by atoms with Gasteiger partial charge in [0.15, 0.2) is 0 Å². The van der Waals surface area contributed by atoms with Crippen LogP contribution < -0.4 is 5.56 Å². The Balaban J connectivity index is 1.99. The number of pyridine rings is 1. The average Bonchev–Trinajstić information content (AvgIpc) is 2.87. The quantitative estimate of drug-likeness (QED) is 0.430. The van der Waals surface area contributed by atoms with Crippen LogP contribution in [0.2, 0.25) is 10.0 Å². The summed E-state index contributed by atoms with van der Waals surface area (Å²) in [6.07, 6.45) is 4.34. The predicted octanol–water partition coefficient (Wildman–Crippen LogP) is 6.04. The highest BCUT2D eigenvalue weighted by Gasteiger charge is 2.25. The van der Waals surface area contributed by atoms with E-state index in [9.17, 15) is 9.59 Å². The predicted molar refractivity (Wildman–Crippen MR) is 131 cm³/mol. The number of fused-ring (bicyclic) bond motifs is 3. The fourth-order valence-corrected chi connectivity index (χ4v) is 4.68. The topological polar surface area (TPSA) is 51.4 Å². The third-order valence-electron chi connectivity index (χ3n) is 6.06. The van der Waals surface area contributed by atoms with Crippen molar-refractivity contribution in [2.24, 2.45) is 18.0 Å². The van der Waals surface area contributed by atoms with Crippen LogP contribution in [0.25, 0.3) is 11.1 Å². The molecule has 1 unspecified atom stereocenters. The summed E-state index contributed by atoms with van der Waals surface area (Å²) in [5.41, 5.74) is 6.27. The van der Waals surface area contributed by atoms with Crippen molar-refractivity contribution >= 4 is 35.2 Å². The van der Waals surface area contributed by atoms with Gasteiger partial charge in [-0.1, -0.05) is 48.3 Å². The van der Waals surface area contributed by atoms with E-state index in [0.717, 1.165) is 51.8 Å². The fourth-order valence-electron chi connectivity index (χ4n) is 4.18. The van der Waals surface area contributed by atoms with Gasteiger partial charge in [-0.05, 0) is 54.7 Å². The first kappa shape index (κ1) is 22.5. The third-order valence-corrected chi connectivity index (χ3v) is 6.61. The van der Waals surface area contributed by atoms with Crippen LogP contribution in [0.4, 0.5) is 0 Å². The van der Waals surface area contributed by atoms with Crippen LogP contribution in [0.15, 0.2) is 58.4 Å². The van der Waals surface area contributed by atoms with Crippen LogP contribution in [-0.4, -0.2) is 16.6 Å². The van der Waals surface area contributed by atoms with Crippen molar-refractivity contribution in [1.82, 2.24) is 4.57 Å². The Labute approximate surface area is 197 Å². The number of carbonyl (C=O) groups is 1. The second-order valence-electron chi connectivity index (χ2n) is 8.26. The second-order valence-corrected chi connectivity index (χ2v) is 9.10. The molecule has 0 fully saturated rings. The van der Waals surface area contributed by atoms with Crippen molar-refractivity contribution < 1.29 is 4.79 Å². The van der Waals surface area contributed by atoms with Crippen LogP contribution >= 0.6 is 23.2 Å². The lowest BCUT2D eigenvalue weighted by atomic mass is 9.88. The van der Waals surface area contributed by atoms with Crippen LogP contribution in [-0.2, 0) is 18.3 Å². The lowest BCUT2D eigenvalue weighted by Gasteiger charge is -2.16. The second kappa shape index (κ2) is 9.05. The van der Waals surface area contributed by atoms with E-state index in [1.807, 2.05) is 38.2 Å². The number of aldehydes is 1. The number of aliphatic imine (C=N–C) groups is 1. The van der Waals surface area contributed by atoms with E-state index in [2.05, 4.69) is 6.07 Å². The number of rotatable bonds is 5. The monoisotopic (exact) mass is 466 g/mol. The molecule has 2 heterocycles. The van der Waals surface area contributed by atoms with Gasteiger partial charge in [-0.2, -0.15) is 0 Å². The highest BCUT2D eigenvalue weighted by Crippen LogP contribution is 2.38. The van der Waals surface area contributed by atoms with Crippen LogP contribution in [0, 0.1) is 5.92 Å². The maximum Gasteiger partial charge on any atom is 0.250 e. The van der Waals surface area contributed by atoms with Gasteiger partial charge in [0.25, 0.3) is 5.56 Å². The smallest absolute Gasteiger partial charge is 0.250 e. The zero-order chi connectivity index (χ0) is 23.0. The number of hydrogen-bond acceptors (Lipinski definition) is 3. The van der Waals surface area contributed by atoms with Gasteiger partial charge in [0.1, 0.15) is 6.29 Å². The Kier molecular flexibility index (Phi) is 6.36. The zero-order valence-corrected chi connectivity index (χ0v) is 19.7. The minimum absolute atomic E-state index is 0.0313. The fraction of sp³-hybridized carbons (Fsp3) is 0.269. The SMILES string of the molecule is CCC(C=O)Cc1ccc2c(c1)-c1cn(C)c(=O)cc1[C@H](C)N=C2c1ccc(Cl)cc1Cl. The molecule has 6 heteroatoms. The van der Waals surface area contributed by atoms with E-state index < -0.39 is 0 Å². The van der Waals surface area contributed by atoms with Crippen molar-refractivity contribution in [1.29, 1.82) is 0 Å². The van der Waals surface area contributed by atoms with Gasteiger partial charge in [0.05, 0.1) is 16.8 Å². The molecular formula is C26H24Cl2N2O2. The van der Waals surface area contributed by atoms with Crippen molar-refractivity contribution in [2.45, 2.75) is 32.7 Å². The number of nitrogens with zero attached hydrogens (tertiary/aromatic N) is 2. The van der Waals surface area contributed by atoms with Crippen molar-refractivity contribution in [3.05, 3.63) is 91.3 Å². The molecular weight excluding hydrogens is 443 g/mol. The lowest BCUT2D eigenvalue weighted by Crippen LogP contribution is -2.17. The summed E-state index contributed by atoms with van der Waals surface area (Å²) in [5.74, 6) is -0.0313. The maximum absolute atomic E-state index is 12.4. The summed E-state index contributed by atoms with van der Waals surface area (Å²) in [6.45, 7) is 4.00. The van der Waals surface area contributed by atoms with E-state index in [0.29, 0.717) is 16.5 Å². The molecule has 0 bridgehead atoms. The zero-order valence-electron chi connectivity index (χ0n) is 18.2. The summed E-state index contributed by atoms with van der Waals surface area (Å²) in [6, 6.07) is 13.0. The first-order valence-electron chi connectivity index (χ1n) is 10.6. The standard InChI is InChI=1S/C26H24Cl2N2O2/c1-4-16(14-31)9-17-5-7-19-22(10-17)23-13-30(3)25(32)12-21(23)15(2)29-26(19)20-8-6-18(27)11-24(20)28/h5-8,10-16H,4,9H2,1-3H3/t15-,16?/m0/s1. The molecule has 164 valence electrons. The molecule has 2 aromatic carbocycles. The Morgan fingerprint density at radius 3 is 2.50 bits per heavy atom. The third kappa shape index (κ3) is 4.17. The Hall–Kier alpha value is -2.69. The lowest BCUT2D eigenvalue weighted by molar-refractivity contribution is -0.111. The number of benzene rings is 2. The van der Waals surface area contributed by atoms with Crippen LogP contribution in [0.3, 0.4) is 0 Å². The van der Waals surface area contributed by atoms with Gasteiger partial charge in [-0.15, -0.1) is 0 Å². The minimum Gasteiger partial charge on any atom is -0.318 e. The molecule has 0 saturated carbocycles.